The Morgan fingerprint density at radius 2 is 1.59 bits per heavy atom. The van der Waals surface area contributed by atoms with Crippen LogP contribution in [0, 0.1) is 0 Å². The van der Waals surface area contributed by atoms with E-state index < -0.39 is 0 Å². The molecular weight excluding hydrogens is 495 g/mol. The molecule has 1 saturated heterocycles. The minimum Gasteiger partial charge on any atom is -0.353 e. The third-order valence-electron chi connectivity index (χ3n) is 5.60. The molecule has 1 fully saturated rings. The number of amides is 2. The van der Waals surface area contributed by atoms with Gasteiger partial charge in [0.05, 0.1) is 5.56 Å². The van der Waals surface area contributed by atoms with Crippen molar-refractivity contribution in [3.63, 3.8) is 0 Å². The molecule has 2 amide bonds. The van der Waals surface area contributed by atoms with Crippen LogP contribution in [0.3, 0.4) is 0 Å². The summed E-state index contributed by atoms with van der Waals surface area (Å²) in [6.07, 6.45) is 2.28. The van der Waals surface area contributed by atoms with Gasteiger partial charge in [0, 0.05) is 59.6 Å². The highest BCUT2D eigenvalue weighted by atomic mass is 35.5. The summed E-state index contributed by atoms with van der Waals surface area (Å²) in [6.45, 7) is 2.89. The molecule has 0 aliphatic carbocycles. The van der Waals surface area contributed by atoms with E-state index in [4.69, 9.17) is 34.8 Å². The zero-order valence-corrected chi connectivity index (χ0v) is 20.6. The Morgan fingerprint density at radius 3 is 2.24 bits per heavy atom. The maximum Gasteiger partial charge on any atom is 0.254 e. The Balaban J connectivity index is 1.28. The van der Waals surface area contributed by atoms with Gasteiger partial charge in [-0.1, -0.05) is 46.9 Å². The van der Waals surface area contributed by atoms with Gasteiger partial charge in [-0.15, -0.1) is 0 Å². The van der Waals surface area contributed by atoms with Crippen molar-refractivity contribution in [2.45, 2.75) is 6.42 Å². The second-order valence-electron chi connectivity index (χ2n) is 7.98. The lowest BCUT2D eigenvalue weighted by Gasteiger charge is -2.35. The molecule has 0 atom stereocenters. The Labute approximate surface area is 213 Å². The van der Waals surface area contributed by atoms with Gasteiger partial charge in [0.25, 0.3) is 11.8 Å². The van der Waals surface area contributed by atoms with Crippen LogP contribution >= 0.6 is 34.8 Å². The van der Waals surface area contributed by atoms with Gasteiger partial charge >= 0.3 is 0 Å². The predicted molar refractivity (Wildman–Crippen MR) is 136 cm³/mol. The number of anilines is 1. The number of hydrogen-bond acceptors (Lipinski definition) is 4. The Hall–Kier alpha value is -2.80. The van der Waals surface area contributed by atoms with E-state index in [-0.39, 0.29) is 11.8 Å². The number of carbonyl (C=O) groups excluding carboxylic acids is 2. The number of hydrogen-bond donors (Lipinski definition) is 1. The van der Waals surface area contributed by atoms with Crippen LogP contribution in [0.4, 0.5) is 5.82 Å². The van der Waals surface area contributed by atoms with E-state index in [0.717, 1.165) is 11.4 Å². The van der Waals surface area contributed by atoms with Gasteiger partial charge in [-0.05, 0) is 54.4 Å². The molecule has 1 N–H and O–H groups in total. The monoisotopic (exact) mass is 516 g/mol. The molecule has 176 valence electrons. The standard InChI is InChI=1S/C25H23Cl3N4O2/c26-20-3-1-2-17(12-20)6-7-29-24(33)18-4-5-23(30-16-18)31-8-10-32(11-9-31)25(34)19-13-21(27)15-22(28)14-19/h1-5,12-16H,6-11H2,(H,29,33). The maximum atomic E-state index is 12.8. The Kier molecular flexibility index (Phi) is 7.93. The molecular formula is C25H23Cl3N4O2. The number of nitrogens with one attached hydrogen (secondary N) is 1. The van der Waals surface area contributed by atoms with Crippen molar-refractivity contribution < 1.29 is 9.59 Å². The summed E-state index contributed by atoms with van der Waals surface area (Å²) in [6, 6.07) is 16.0. The molecule has 2 aromatic carbocycles. The van der Waals surface area contributed by atoms with Gasteiger partial charge in [0.2, 0.25) is 0 Å². The highest BCUT2D eigenvalue weighted by Gasteiger charge is 2.23. The lowest BCUT2D eigenvalue weighted by molar-refractivity contribution is 0.0746. The molecule has 1 aliphatic rings. The molecule has 4 rings (SSSR count). The first-order valence-corrected chi connectivity index (χ1v) is 12.0. The van der Waals surface area contributed by atoms with Gasteiger partial charge in [-0.25, -0.2) is 4.98 Å². The molecule has 0 unspecified atom stereocenters. The quantitative estimate of drug-likeness (QED) is 0.501. The summed E-state index contributed by atoms with van der Waals surface area (Å²) in [5.41, 5.74) is 2.05. The largest absolute Gasteiger partial charge is 0.353 e. The van der Waals surface area contributed by atoms with Gasteiger partial charge in [-0.3, -0.25) is 9.59 Å². The molecule has 0 spiro atoms. The fourth-order valence-electron chi connectivity index (χ4n) is 3.82. The average molecular weight is 518 g/mol. The lowest BCUT2D eigenvalue weighted by Crippen LogP contribution is -2.49. The number of carbonyl (C=O) groups is 2. The third kappa shape index (κ3) is 6.20. The van der Waals surface area contributed by atoms with Crippen molar-refractivity contribution in [1.82, 2.24) is 15.2 Å². The van der Waals surface area contributed by atoms with Crippen LogP contribution < -0.4 is 10.2 Å². The number of piperazine rings is 1. The predicted octanol–water partition coefficient (Wildman–Crippen LogP) is 4.98. The highest BCUT2D eigenvalue weighted by molar-refractivity contribution is 6.35. The molecule has 1 aliphatic heterocycles. The lowest BCUT2D eigenvalue weighted by atomic mass is 10.1. The van der Waals surface area contributed by atoms with E-state index >= 15 is 0 Å². The summed E-state index contributed by atoms with van der Waals surface area (Å²) in [7, 11) is 0. The first-order chi connectivity index (χ1) is 16.4. The SMILES string of the molecule is O=C(NCCc1cccc(Cl)c1)c1ccc(N2CCN(C(=O)c3cc(Cl)cc(Cl)c3)CC2)nc1. The second kappa shape index (κ2) is 11.1. The van der Waals surface area contributed by atoms with Crippen molar-refractivity contribution in [3.05, 3.63) is 92.6 Å². The van der Waals surface area contributed by atoms with Crippen molar-refractivity contribution >= 4 is 52.4 Å². The van der Waals surface area contributed by atoms with E-state index in [1.54, 1.807) is 35.4 Å². The number of pyridine rings is 1. The van der Waals surface area contributed by atoms with Crippen LogP contribution in [0.5, 0.6) is 0 Å². The number of aromatic nitrogens is 1. The van der Waals surface area contributed by atoms with Crippen LogP contribution in [-0.2, 0) is 6.42 Å². The van der Waals surface area contributed by atoms with Crippen LogP contribution in [0.1, 0.15) is 26.3 Å². The third-order valence-corrected chi connectivity index (χ3v) is 6.27. The summed E-state index contributed by atoms with van der Waals surface area (Å²) >= 11 is 18.1. The topological polar surface area (TPSA) is 65.5 Å². The van der Waals surface area contributed by atoms with Gasteiger partial charge in [-0.2, -0.15) is 0 Å². The Bertz CT molecular complexity index is 1160. The molecule has 34 heavy (non-hydrogen) atoms. The van der Waals surface area contributed by atoms with E-state index in [0.29, 0.717) is 65.3 Å². The van der Waals surface area contributed by atoms with Gasteiger partial charge in [0.15, 0.2) is 0 Å². The van der Waals surface area contributed by atoms with Crippen LogP contribution in [-0.4, -0.2) is 54.4 Å². The minimum absolute atomic E-state index is 0.0956. The van der Waals surface area contributed by atoms with Crippen molar-refractivity contribution in [3.8, 4) is 0 Å². The molecule has 6 nitrogen and oxygen atoms in total. The second-order valence-corrected chi connectivity index (χ2v) is 9.29. The number of benzene rings is 2. The zero-order chi connectivity index (χ0) is 24.1. The highest BCUT2D eigenvalue weighted by Crippen LogP contribution is 2.21. The molecule has 0 bridgehead atoms. The van der Waals surface area contributed by atoms with Crippen molar-refractivity contribution in [1.29, 1.82) is 0 Å². The summed E-state index contributed by atoms with van der Waals surface area (Å²) in [5.74, 6) is 0.506. The first kappa shape index (κ1) is 24.3. The number of rotatable bonds is 6. The molecule has 3 aromatic rings. The summed E-state index contributed by atoms with van der Waals surface area (Å²) < 4.78 is 0. The minimum atomic E-state index is -0.170. The van der Waals surface area contributed by atoms with Gasteiger partial charge < -0.3 is 15.1 Å². The number of nitrogens with zero attached hydrogens (tertiary/aromatic N) is 3. The van der Waals surface area contributed by atoms with E-state index in [1.807, 2.05) is 30.3 Å². The fraction of sp³-hybridized carbons (Fsp3) is 0.240. The van der Waals surface area contributed by atoms with E-state index in [1.165, 1.54) is 0 Å². The summed E-state index contributed by atoms with van der Waals surface area (Å²) in [4.78, 5) is 33.6. The molecule has 0 saturated carbocycles. The first-order valence-electron chi connectivity index (χ1n) is 10.9. The van der Waals surface area contributed by atoms with Crippen LogP contribution in [0.25, 0.3) is 0 Å². The molecule has 0 radical (unpaired) electrons. The van der Waals surface area contributed by atoms with E-state index in [2.05, 4.69) is 15.2 Å². The fourth-order valence-corrected chi connectivity index (χ4v) is 4.56. The normalized spacial score (nSPS) is 13.6. The van der Waals surface area contributed by atoms with Crippen molar-refractivity contribution in [2.24, 2.45) is 0 Å². The summed E-state index contributed by atoms with van der Waals surface area (Å²) in [5, 5.41) is 4.47. The average Bonchev–Trinajstić information content (AvgIpc) is 2.83. The van der Waals surface area contributed by atoms with Crippen molar-refractivity contribution in [2.75, 3.05) is 37.6 Å². The van der Waals surface area contributed by atoms with Crippen LogP contribution in [0.15, 0.2) is 60.8 Å². The van der Waals surface area contributed by atoms with E-state index in [9.17, 15) is 9.59 Å². The maximum absolute atomic E-state index is 12.8. The molecule has 9 heteroatoms. The zero-order valence-electron chi connectivity index (χ0n) is 18.3. The molecule has 2 heterocycles. The van der Waals surface area contributed by atoms with Gasteiger partial charge in [0.1, 0.15) is 5.82 Å². The smallest absolute Gasteiger partial charge is 0.254 e. The number of halogens is 3. The van der Waals surface area contributed by atoms with Crippen LogP contribution in [0.2, 0.25) is 15.1 Å². The Morgan fingerprint density at radius 1 is 0.853 bits per heavy atom. The molecule has 1 aromatic heterocycles.